The molecule has 0 saturated carbocycles. The molecule has 124 valence electrons. The van der Waals surface area contributed by atoms with E-state index in [-0.39, 0.29) is 6.04 Å². The maximum absolute atomic E-state index is 5.19. The summed E-state index contributed by atoms with van der Waals surface area (Å²) in [6, 6.07) is 25.9. The first-order valence-electron chi connectivity index (χ1n) is 8.64. The lowest BCUT2D eigenvalue weighted by molar-refractivity contribution is 0.568. The smallest absolute Gasteiger partial charge is 0.0980 e. The molecule has 0 saturated heterocycles. The quantitative estimate of drug-likeness (QED) is 0.490. The summed E-state index contributed by atoms with van der Waals surface area (Å²) in [5.74, 6) is 0. The van der Waals surface area contributed by atoms with E-state index in [9.17, 15) is 0 Å². The van der Waals surface area contributed by atoms with Gasteiger partial charge < -0.3 is 9.73 Å². The van der Waals surface area contributed by atoms with E-state index in [0.29, 0.717) is 0 Å². The van der Waals surface area contributed by atoms with E-state index >= 15 is 0 Å². The minimum absolute atomic E-state index is 0.281. The zero-order valence-corrected chi connectivity index (χ0v) is 14.3. The summed E-state index contributed by atoms with van der Waals surface area (Å²) in [6.45, 7) is 3.05. The van der Waals surface area contributed by atoms with E-state index in [4.69, 9.17) is 4.42 Å². The number of furan rings is 1. The van der Waals surface area contributed by atoms with E-state index in [1.54, 1.807) is 12.5 Å². The van der Waals surface area contributed by atoms with Crippen LogP contribution >= 0.6 is 0 Å². The Balaban J connectivity index is 1.52. The fourth-order valence-corrected chi connectivity index (χ4v) is 3.30. The summed E-state index contributed by atoms with van der Waals surface area (Å²) < 4.78 is 5.19. The molecule has 2 heteroatoms. The molecule has 0 aliphatic heterocycles. The zero-order chi connectivity index (χ0) is 17.1. The number of hydrogen-bond acceptors (Lipinski definition) is 2. The molecule has 0 aliphatic carbocycles. The lowest BCUT2D eigenvalue weighted by Gasteiger charge is -2.17. The van der Waals surface area contributed by atoms with E-state index in [0.717, 1.165) is 12.1 Å². The van der Waals surface area contributed by atoms with Crippen LogP contribution < -0.4 is 5.32 Å². The van der Waals surface area contributed by atoms with Gasteiger partial charge >= 0.3 is 0 Å². The van der Waals surface area contributed by atoms with Crippen LogP contribution in [0.25, 0.3) is 21.9 Å². The Bertz CT molecular complexity index is 967. The van der Waals surface area contributed by atoms with Gasteiger partial charge in [-0.15, -0.1) is 0 Å². The first kappa shape index (κ1) is 15.7. The molecule has 0 radical (unpaired) electrons. The third-order valence-electron chi connectivity index (χ3n) is 4.68. The summed E-state index contributed by atoms with van der Waals surface area (Å²) in [7, 11) is 0. The van der Waals surface area contributed by atoms with Crippen molar-refractivity contribution >= 4 is 10.8 Å². The monoisotopic (exact) mass is 327 g/mol. The van der Waals surface area contributed by atoms with Crippen molar-refractivity contribution in [2.45, 2.75) is 19.5 Å². The molecule has 0 amide bonds. The van der Waals surface area contributed by atoms with Crippen LogP contribution in [0.15, 0.2) is 89.7 Å². The van der Waals surface area contributed by atoms with Gasteiger partial charge in [-0.1, -0.05) is 60.7 Å². The number of fused-ring (bicyclic) bond motifs is 1. The Morgan fingerprint density at radius 3 is 2.60 bits per heavy atom. The van der Waals surface area contributed by atoms with E-state index in [1.807, 2.05) is 6.07 Å². The lowest BCUT2D eigenvalue weighted by atomic mass is 9.99. The van der Waals surface area contributed by atoms with Crippen LogP contribution in [0, 0.1) is 0 Å². The first-order valence-corrected chi connectivity index (χ1v) is 8.64. The number of hydrogen-bond donors (Lipinski definition) is 1. The second kappa shape index (κ2) is 6.96. The molecule has 3 aromatic carbocycles. The molecule has 0 bridgehead atoms. The van der Waals surface area contributed by atoms with Gasteiger partial charge in [0.1, 0.15) is 0 Å². The van der Waals surface area contributed by atoms with Crippen molar-refractivity contribution in [2.75, 3.05) is 0 Å². The summed E-state index contributed by atoms with van der Waals surface area (Å²) in [5, 5.41) is 6.26. The summed E-state index contributed by atoms with van der Waals surface area (Å²) in [5.41, 5.74) is 4.91. The van der Waals surface area contributed by atoms with Gasteiger partial charge in [-0.25, -0.2) is 0 Å². The molecule has 0 spiro atoms. The van der Waals surface area contributed by atoms with Crippen LogP contribution in [-0.4, -0.2) is 0 Å². The largest absolute Gasteiger partial charge is 0.472 e. The number of nitrogens with one attached hydrogen (secondary N) is 1. The van der Waals surface area contributed by atoms with Crippen LogP contribution in [0.4, 0.5) is 0 Å². The van der Waals surface area contributed by atoms with Gasteiger partial charge in [0.2, 0.25) is 0 Å². The third-order valence-corrected chi connectivity index (χ3v) is 4.68. The molecular weight excluding hydrogens is 306 g/mol. The van der Waals surface area contributed by atoms with Gasteiger partial charge in [-0.2, -0.15) is 0 Å². The van der Waals surface area contributed by atoms with Crippen molar-refractivity contribution in [1.29, 1.82) is 0 Å². The van der Waals surface area contributed by atoms with Crippen molar-refractivity contribution in [3.8, 4) is 11.1 Å². The highest BCUT2D eigenvalue weighted by Crippen LogP contribution is 2.25. The molecule has 4 aromatic rings. The van der Waals surface area contributed by atoms with Crippen LogP contribution in [-0.2, 0) is 6.54 Å². The van der Waals surface area contributed by atoms with Gasteiger partial charge in [-0.05, 0) is 46.5 Å². The summed E-state index contributed by atoms with van der Waals surface area (Å²) in [4.78, 5) is 0. The molecule has 1 aromatic heterocycles. The molecule has 0 unspecified atom stereocenters. The molecule has 4 rings (SSSR count). The topological polar surface area (TPSA) is 25.2 Å². The molecule has 0 aliphatic rings. The Morgan fingerprint density at radius 1 is 0.880 bits per heavy atom. The fraction of sp³-hybridized carbons (Fsp3) is 0.130. The Morgan fingerprint density at radius 2 is 1.72 bits per heavy atom. The Kier molecular flexibility index (Phi) is 4.36. The zero-order valence-electron chi connectivity index (χ0n) is 14.3. The van der Waals surface area contributed by atoms with Crippen LogP contribution in [0.3, 0.4) is 0 Å². The first-order chi connectivity index (χ1) is 12.3. The second-order valence-corrected chi connectivity index (χ2v) is 6.38. The number of benzene rings is 3. The summed E-state index contributed by atoms with van der Waals surface area (Å²) >= 11 is 0. The molecule has 1 atom stereocenters. The fourth-order valence-electron chi connectivity index (χ4n) is 3.30. The second-order valence-electron chi connectivity index (χ2n) is 6.38. The van der Waals surface area contributed by atoms with Crippen LogP contribution in [0.5, 0.6) is 0 Å². The Hall–Kier alpha value is -2.84. The average molecular weight is 327 g/mol. The molecular formula is C23H21NO. The van der Waals surface area contributed by atoms with Crippen LogP contribution in [0.1, 0.15) is 24.1 Å². The molecule has 2 nitrogen and oxygen atoms in total. The normalized spacial score (nSPS) is 12.4. The number of rotatable bonds is 5. The predicted molar refractivity (Wildman–Crippen MR) is 103 cm³/mol. The SMILES string of the molecule is C[C@@H](NCc1cccc(-c2ccoc2)c1)c1cccc2ccccc12. The van der Waals surface area contributed by atoms with Gasteiger partial charge in [-0.3, -0.25) is 0 Å². The van der Waals surface area contributed by atoms with Crippen molar-refractivity contribution in [2.24, 2.45) is 0 Å². The molecule has 1 heterocycles. The van der Waals surface area contributed by atoms with Crippen LogP contribution in [0.2, 0.25) is 0 Å². The predicted octanol–water partition coefficient (Wildman–Crippen LogP) is 5.95. The standard InChI is InChI=1S/C23H21NO/c1-17(22-11-5-8-19-7-2-3-10-23(19)22)24-15-18-6-4-9-20(14-18)21-12-13-25-16-21/h2-14,16-17,24H,15H2,1H3/t17-/m1/s1. The minimum Gasteiger partial charge on any atom is -0.472 e. The summed E-state index contributed by atoms with van der Waals surface area (Å²) in [6.07, 6.45) is 3.49. The van der Waals surface area contributed by atoms with Gasteiger partial charge in [0.15, 0.2) is 0 Å². The van der Waals surface area contributed by atoms with Gasteiger partial charge in [0, 0.05) is 18.2 Å². The Labute approximate surface area is 148 Å². The van der Waals surface area contributed by atoms with Crippen molar-refractivity contribution in [3.05, 3.63) is 96.4 Å². The minimum atomic E-state index is 0.281. The maximum Gasteiger partial charge on any atom is 0.0980 e. The highest BCUT2D eigenvalue weighted by Gasteiger charge is 2.09. The van der Waals surface area contributed by atoms with E-state index < -0.39 is 0 Å². The molecule has 1 N–H and O–H groups in total. The van der Waals surface area contributed by atoms with Gasteiger partial charge in [0.25, 0.3) is 0 Å². The molecule has 25 heavy (non-hydrogen) atoms. The molecule has 0 fully saturated rings. The van der Waals surface area contributed by atoms with Crippen molar-refractivity contribution in [1.82, 2.24) is 5.32 Å². The van der Waals surface area contributed by atoms with Crippen molar-refractivity contribution in [3.63, 3.8) is 0 Å². The van der Waals surface area contributed by atoms with E-state index in [2.05, 4.69) is 79.0 Å². The third kappa shape index (κ3) is 3.35. The van der Waals surface area contributed by atoms with E-state index in [1.165, 1.54) is 27.5 Å². The average Bonchev–Trinajstić information content (AvgIpc) is 3.21. The maximum atomic E-state index is 5.19. The highest BCUT2D eigenvalue weighted by molar-refractivity contribution is 5.86. The lowest BCUT2D eigenvalue weighted by Crippen LogP contribution is -2.18. The van der Waals surface area contributed by atoms with Crippen molar-refractivity contribution < 1.29 is 4.42 Å². The highest BCUT2D eigenvalue weighted by atomic mass is 16.3. The van der Waals surface area contributed by atoms with Gasteiger partial charge in [0.05, 0.1) is 12.5 Å².